The second-order valence-corrected chi connectivity index (χ2v) is 10.2. The van der Waals surface area contributed by atoms with Crippen LogP contribution in [0.2, 0.25) is 0 Å². The Morgan fingerprint density at radius 3 is 2.54 bits per heavy atom. The largest absolute Gasteiger partial charge is 0.391 e. The number of aromatic nitrogens is 2. The summed E-state index contributed by atoms with van der Waals surface area (Å²) in [6, 6.07) is 8.48. The summed E-state index contributed by atoms with van der Waals surface area (Å²) in [4.78, 5) is 33.6. The van der Waals surface area contributed by atoms with Crippen LogP contribution in [0, 0.1) is 12.8 Å². The fraction of sp³-hybridized carbons (Fsp3) is 0.440. The molecular weight excluding hydrogens is 466 g/mol. The van der Waals surface area contributed by atoms with Gasteiger partial charge in [0.25, 0.3) is 0 Å². The van der Waals surface area contributed by atoms with Gasteiger partial charge in [0.05, 0.1) is 28.2 Å². The fourth-order valence-corrected chi connectivity index (χ4v) is 5.38. The number of amides is 2. The lowest BCUT2D eigenvalue weighted by Crippen LogP contribution is -2.48. The van der Waals surface area contributed by atoms with E-state index in [1.165, 1.54) is 11.0 Å². The van der Waals surface area contributed by atoms with Crippen molar-refractivity contribution < 1.29 is 19.2 Å². The highest BCUT2D eigenvalue weighted by molar-refractivity contribution is 7.13. The van der Waals surface area contributed by atoms with Crippen molar-refractivity contribution in [2.24, 2.45) is 5.92 Å². The van der Waals surface area contributed by atoms with Crippen LogP contribution in [-0.2, 0) is 9.59 Å². The third-order valence-electron chi connectivity index (χ3n) is 6.43. The van der Waals surface area contributed by atoms with Crippen molar-refractivity contribution in [3.05, 3.63) is 52.9 Å². The van der Waals surface area contributed by atoms with Gasteiger partial charge in [0.1, 0.15) is 12.0 Å². The van der Waals surface area contributed by atoms with E-state index in [0.29, 0.717) is 5.76 Å². The molecule has 2 aromatic heterocycles. The molecule has 1 aliphatic heterocycles. The molecule has 3 aromatic rings. The van der Waals surface area contributed by atoms with Crippen LogP contribution in [0.1, 0.15) is 56.2 Å². The van der Waals surface area contributed by atoms with Crippen molar-refractivity contribution in [2.45, 2.75) is 58.2 Å². The third-order valence-corrected chi connectivity index (χ3v) is 7.41. The summed E-state index contributed by atoms with van der Waals surface area (Å²) in [6.45, 7) is 7.75. The number of aryl methyl sites for hydroxylation is 1. The number of nitrogens with two attached hydrogens (primary N) is 1. The topological polar surface area (TPSA) is 135 Å². The number of nitrogen functional groups attached to an aromatic ring is 1. The van der Waals surface area contributed by atoms with Gasteiger partial charge in [0.2, 0.25) is 11.8 Å². The smallest absolute Gasteiger partial charge is 0.243 e. The lowest BCUT2D eigenvalue weighted by Gasteiger charge is -2.29. The van der Waals surface area contributed by atoms with E-state index in [1.54, 1.807) is 11.3 Å². The van der Waals surface area contributed by atoms with Crippen LogP contribution >= 0.6 is 11.3 Å². The van der Waals surface area contributed by atoms with Gasteiger partial charge in [-0.2, -0.15) is 0 Å². The molecule has 0 bridgehead atoms. The molecule has 0 unspecified atom stereocenters. The molecular formula is C25H31N5O4S. The Morgan fingerprint density at radius 2 is 1.97 bits per heavy atom. The first-order valence-electron chi connectivity index (χ1n) is 11.7. The molecule has 0 radical (unpaired) electrons. The van der Waals surface area contributed by atoms with Crippen LogP contribution in [0.3, 0.4) is 0 Å². The SMILES string of the molecule is Cc1ncsc1-c1ccc([C@H](C)NC(=O)[C@@H]2C[C@@H](O)CN2C(=O)[C@@H](c2cc(N)no2)C(C)C)cc1. The van der Waals surface area contributed by atoms with Crippen LogP contribution in [0.4, 0.5) is 5.82 Å². The van der Waals surface area contributed by atoms with Gasteiger partial charge in [-0.15, -0.1) is 11.3 Å². The van der Waals surface area contributed by atoms with Gasteiger partial charge in [0.15, 0.2) is 11.6 Å². The highest BCUT2D eigenvalue weighted by Crippen LogP contribution is 2.32. The summed E-state index contributed by atoms with van der Waals surface area (Å²) in [7, 11) is 0. The second kappa shape index (κ2) is 10.2. The standard InChI is InChI=1S/C25H31N5O4S/c1-13(2)22(20-10-21(26)29-34-20)25(33)30-11-18(31)9-19(30)24(32)28-14(3)16-5-7-17(8-6-16)23-15(4)27-12-35-23/h5-8,10,12-14,18-19,22,31H,9,11H2,1-4H3,(H2,26,29)(H,28,32)/t14-,18+,19-,22+/m0/s1. The van der Waals surface area contributed by atoms with E-state index in [9.17, 15) is 14.7 Å². The Hall–Kier alpha value is -3.24. The molecule has 4 atom stereocenters. The zero-order valence-corrected chi connectivity index (χ0v) is 21.1. The number of aliphatic hydroxyl groups excluding tert-OH is 1. The minimum absolute atomic E-state index is 0.0844. The molecule has 186 valence electrons. The number of aliphatic hydroxyl groups is 1. The van der Waals surface area contributed by atoms with E-state index in [4.69, 9.17) is 10.3 Å². The fourth-order valence-electron chi connectivity index (χ4n) is 4.57. The minimum atomic E-state index is -0.778. The van der Waals surface area contributed by atoms with Crippen molar-refractivity contribution in [2.75, 3.05) is 12.3 Å². The molecule has 0 aliphatic carbocycles. The van der Waals surface area contributed by atoms with Crippen molar-refractivity contribution >= 4 is 29.0 Å². The maximum absolute atomic E-state index is 13.5. The summed E-state index contributed by atoms with van der Waals surface area (Å²) < 4.78 is 5.27. The Morgan fingerprint density at radius 1 is 1.26 bits per heavy atom. The lowest BCUT2D eigenvalue weighted by atomic mass is 9.91. The van der Waals surface area contributed by atoms with Crippen LogP contribution in [0.25, 0.3) is 10.4 Å². The number of anilines is 1. The zero-order chi connectivity index (χ0) is 25.3. The highest BCUT2D eigenvalue weighted by atomic mass is 32.1. The number of nitrogens with zero attached hydrogens (tertiary/aromatic N) is 3. The first-order valence-corrected chi connectivity index (χ1v) is 12.5. The molecule has 1 aliphatic rings. The third kappa shape index (κ3) is 5.23. The van der Waals surface area contributed by atoms with Gasteiger partial charge < -0.3 is 25.6 Å². The molecule has 2 amide bonds. The number of benzene rings is 1. The monoisotopic (exact) mass is 497 g/mol. The van der Waals surface area contributed by atoms with E-state index < -0.39 is 18.1 Å². The summed E-state index contributed by atoms with van der Waals surface area (Å²) in [5.74, 6) is -0.808. The molecule has 1 saturated heterocycles. The highest BCUT2D eigenvalue weighted by Gasteiger charge is 2.43. The molecule has 0 saturated carbocycles. The molecule has 10 heteroatoms. The summed E-state index contributed by atoms with van der Waals surface area (Å²) in [6.07, 6.45) is -0.600. The van der Waals surface area contributed by atoms with Crippen LogP contribution in [0.15, 0.2) is 40.4 Å². The molecule has 4 rings (SSSR count). The molecule has 0 spiro atoms. The second-order valence-electron chi connectivity index (χ2n) is 9.39. The quantitative estimate of drug-likeness (QED) is 0.456. The Labute approximate surface area is 208 Å². The molecule has 3 heterocycles. The molecule has 1 fully saturated rings. The predicted molar refractivity (Wildman–Crippen MR) is 133 cm³/mol. The average Bonchev–Trinajstić information content (AvgIpc) is 3.53. The number of rotatable bonds is 7. The number of thiazole rings is 1. The van der Waals surface area contributed by atoms with Gasteiger partial charge >= 0.3 is 0 Å². The van der Waals surface area contributed by atoms with Crippen LogP contribution < -0.4 is 11.1 Å². The minimum Gasteiger partial charge on any atom is -0.391 e. The number of β-amino-alcohol motifs (C(OH)–C–C–N with tert-alkyl or cyclic N) is 1. The average molecular weight is 498 g/mol. The maximum Gasteiger partial charge on any atom is 0.243 e. The number of hydrogen-bond donors (Lipinski definition) is 3. The number of carbonyl (C=O) groups is 2. The van der Waals surface area contributed by atoms with Crippen LogP contribution in [0.5, 0.6) is 0 Å². The normalized spacial score (nSPS) is 19.7. The Kier molecular flexibility index (Phi) is 7.23. The number of hydrogen-bond acceptors (Lipinski definition) is 8. The lowest BCUT2D eigenvalue weighted by molar-refractivity contribution is -0.141. The van der Waals surface area contributed by atoms with E-state index in [-0.39, 0.29) is 42.6 Å². The maximum atomic E-state index is 13.5. The number of carbonyl (C=O) groups excluding carboxylic acids is 2. The van der Waals surface area contributed by atoms with Gasteiger partial charge in [-0.25, -0.2) is 4.98 Å². The van der Waals surface area contributed by atoms with E-state index in [2.05, 4.69) is 15.5 Å². The molecule has 4 N–H and O–H groups in total. The van der Waals surface area contributed by atoms with Gasteiger partial charge in [-0.1, -0.05) is 43.3 Å². The van der Waals surface area contributed by atoms with Crippen LogP contribution in [-0.4, -0.2) is 50.7 Å². The predicted octanol–water partition coefficient (Wildman–Crippen LogP) is 3.27. The van der Waals surface area contributed by atoms with E-state index in [0.717, 1.165) is 21.7 Å². The molecule has 1 aromatic carbocycles. The molecule has 9 nitrogen and oxygen atoms in total. The van der Waals surface area contributed by atoms with Crippen molar-refractivity contribution in [1.29, 1.82) is 0 Å². The zero-order valence-electron chi connectivity index (χ0n) is 20.3. The van der Waals surface area contributed by atoms with Gasteiger partial charge in [-0.05, 0) is 30.9 Å². The molecule has 35 heavy (non-hydrogen) atoms. The summed E-state index contributed by atoms with van der Waals surface area (Å²) >= 11 is 1.59. The van der Waals surface area contributed by atoms with Crippen molar-refractivity contribution in [1.82, 2.24) is 20.4 Å². The summed E-state index contributed by atoms with van der Waals surface area (Å²) in [5, 5.41) is 17.0. The Balaban J connectivity index is 1.47. The van der Waals surface area contributed by atoms with Crippen molar-refractivity contribution in [3.8, 4) is 10.4 Å². The van der Waals surface area contributed by atoms with E-state index in [1.807, 2.05) is 57.5 Å². The summed E-state index contributed by atoms with van der Waals surface area (Å²) in [5.41, 5.74) is 10.5. The number of nitrogens with one attached hydrogen (secondary N) is 1. The first-order chi connectivity index (χ1) is 16.7. The van der Waals surface area contributed by atoms with Gasteiger partial charge in [0, 0.05) is 19.0 Å². The number of likely N-dealkylation sites (tertiary alicyclic amines) is 1. The van der Waals surface area contributed by atoms with Gasteiger partial charge in [-0.3, -0.25) is 9.59 Å². The van der Waals surface area contributed by atoms with E-state index >= 15 is 0 Å². The Bertz CT molecular complexity index is 1190. The first kappa shape index (κ1) is 24.9. The van der Waals surface area contributed by atoms with Crippen molar-refractivity contribution in [3.63, 3.8) is 0 Å².